The Morgan fingerprint density at radius 1 is 0.857 bits per heavy atom. The SMILES string of the molecule is O=C(O)c1ccc(/C=C/c2ccc(C(F)(F)F)cc2)cc1. The van der Waals surface area contributed by atoms with E-state index in [2.05, 4.69) is 0 Å². The predicted molar refractivity (Wildman–Crippen MR) is 73.8 cm³/mol. The lowest BCUT2D eigenvalue weighted by Crippen LogP contribution is -2.03. The van der Waals surface area contributed by atoms with Crippen LogP contribution in [0.25, 0.3) is 12.2 Å². The molecular weight excluding hydrogens is 281 g/mol. The van der Waals surface area contributed by atoms with Gasteiger partial charge in [-0.3, -0.25) is 0 Å². The second kappa shape index (κ2) is 5.83. The number of hydrogen-bond acceptors (Lipinski definition) is 1. The maximum atomic E-state index is 12.4. The highest BCUT2D eigenvalue weighted by Gasteiger charge is 2.29. The molecule has 0 aliphatic carbocycles. The third kappa shape index (κ3) is 3.95. The molecule has 0 aliphatic rings. The van der Waals surface area contributed by atoms with Crippen molar-refractivity contribution in [2.75, 3.05) is 0 Å². The first-order valence-corrected chi connectivity index (χ1v) is 6.05. The van der Waals surface area contributed by atoms with Crippen LogP contribution in [0.2, 0.25) is 0 Å². The lowest BCUT2D eigenvalue weighted by Gasteiger charge is -2.05. The van der Waals surface area contributed by atoms with Crippen LogP contribution < -0.4 is 0 Å². The van der Waals surface area contributed by atoms with E-state index in [1.165, 1.54) is 24.3 Å². The van der Waals surface area contributed by atoms with Crippen molar-refractivity contribution in [2.45, 2.75) is 6.18 Å². The number of carboxylic acids is 1. The maximum Gasteiger partial charge on any atom is 0.416 e. The molecule has 0 aromatic heterocycles. The summed E-state index contributed by atoms with van der Waals surface area (Å²) in [6, 6.07) is 11.0. The molecule has 2 aromatic rings. The van der Waals surface area contributed by atoms with Crippen LogP contribution in [0.3, 0.4) is 0 Å². The van der Waals surface area contributed by atoms with Crippen LogP contribution in [0.15, 0.2) is 48.5 Å². The van der Waals surface area contributed by atoms with Crippen LogP contribution in [0.5, 0.6) is 0 Å². The van der Waals surface area contributed by atoms with Gasteiger partial charge in [-0.25, -0.2) is 4.79 Å². The largest absolute Gasteiger partial charge is 0.478 e. The van der Waals surface area contributed by atoms with E-state index < -0.39 is 17.7 Å². The molecule has 0 atom stereocenters. The van der Waals surface area contributed by atoms with Crippen LogP contribution in [-0.4, -0.2) is 11.1 Å². The Morgan fingerprint density at radius 3 is 1.67 bits per heavy atom. The number of rotatable bonds is 3. The standard InChI is InChI=1S/C16H11F3O2/c17-16(18,19)14-9-5-12(6-10-14)2-1-11-3-7-13(8-4-11)15(20)21/h1-10H,(H,20,21)/b2-1+. The highest BCUT2D eigenvalue weighted by Crippen LogP contribution is 2.29. The van der Waals surface area contributed by atoms with E-state index in [9.17, 15) is 18.0 Å². The summed E-state index contributed by atoms with van der Waals surface area (Å²) >= 11 is 0. The minimum Gasteiger partial charge on any atom is -0.478 e. The Hall–Kier alpha value is -2.56. The number of benzene rings is 2. The van der Waals surface area contributed by atoms with E-state index in [1.54, 1.807) is 24.3 Å². The van der Waals surface area contributed by atoms with Crippen LogP contribution in [0, 0.1) is 0 Å². The molecule has 2 aromatic carbocycles. The number of hydrogen-bond donors (Lipinski definition) is 1. The summed E-state index contributed by atoms with van der Waals surface area (Å²) in [5.41, 5.74) is 0.886. The predicted octanol–water partition coefficient (Wildman–Crippen LogP) is 4.57. The Kier molecular flexibility index (Phi) is 4.12. The lowest BCUT2D eigenvalue weighted by molar-refractivity contribution is -0.137. The minimum absolute atomic E-state index is 0.182. The first-order chi connectivity index (χ1) is 9.86. The molecular formula is C16H11F3O2. The maximum absolute atomic E-state index is 12.4. The highest BCUT2D eigenvalue weighted by atomic mass is 19.4. The van der Waals surface area contributed by atoms with Crippen LogP contribution in [0.1, 0.15) is 27.0 Å². The first kappa shape index (κ1) is 14.8. The lowest BCUT2D eigenvalue weighted by atomic mass is 10.1. The van der Waals surface area contributed by atoms with Gasteiger partial charge in [0.15, 0.2) is 0 Å². The van der Waals surface area contributed by atoms with E-state index >= 15 is 0 Å². The van der Waals surface area contributed by atoms with E-state index in [4.69, 9.17) is 5.11 Å². The summed E-state index contributed by atoms with van der Waals surface area (Å²) in [4.78, 5) is 10.7. The first-order valence-electron chi connectivity index (χ1n) is 6.05. The van der Waals surface area contributed by atoms with Crippen molar-refractivity contribution in [3.05, 3.63) is 70.8 Å². The molecule has 0 aliphatic heterocycles. The molecule has 21 heavy (non-hydrogen) atoms. The van der Waals surface area contributed by atoms with E-state index in [0.717, 1.165) is 17.7 Å². The van der Waals surface area contributed by atoms with Crippen molar-refractivity contribution in [1.29, 1.82) is 0 Å². The Balaban J connectivity index is 2.12. The van der Waals surface area contributed by atoms with Gasteiger partial charge in [0.1, 0.15) is 0 Å². The number of halogens is 3. The fraction of sp³-hybridized carbons (Fsp3) is 0.0625. The molecule has 0 fully saturated rings. The molecule has 108 valence electrons. The van der Waals surface area contributed by atoms with E-state index in [-0.39, 0.29) is 5.56 Å². The molecule has 0 spiro atoms. The molecule has 0 bridgehead atoms. The second-order valence-electron chi connectivity index (χ2n) is 4.38. The van der Waals surface area contributed by atoms with E-state index in [1.807, 2.05) is 0 Å². The third-order valence-electron chi connectivity index (χ3n) is 2.86. The molecule has 5 heteroatoms. The number of carbonyl (C=O) groups is 1. The summed E-state index contributed by atoms with van der Waals surface area (Å²) in [7, 11) is 0. The van der Waals surface area contributed by atoms with Gasteiger partial charge in [-0.05, 0) is 35.4 Å². The van der Waals surface area contributed by atoms with Crippen molar-refractivity contribution < 1.29 is 23.1 Å². The molecule has 0 unspecified atom stereocenters. The summed E-state index contributed by atoms with van der Waals surface area (Å²) < 4.78 is 37.2. The zero-order valence-corrected chi connectivity index (χ0v) is 10.8. The summed E-state index contributed by atoms with van der Waals surface area (Å²) in [6.45, 7) is 0. The highest BCUT2D eigenvalue weighted by molar-refractivity contribution is 5.88. The molecule has 2 nitrogen and oxygen atoms in total. The zero-order chi connectivity index (χ0) is 15.5. The van der Waals surface area contributed by atoms with Crippen LogP contribution in [-0.2, 0) is 6.18 Å². The monoisotopic (exact) mass is 292 g/mol. The minimum atomic E-state index is -4.34. The van der Waals surface area contributed by atoms with Crippen molar-refractivity contribution in [1.82, 2.24) is 0 Å². The van der Waals surface area contributed by atoms with Crippen molar-refractivity contribution in [2.24, 2.45) is 0 Å². The van der Waals surface area contributed by atoms with Crippen molar-refractivity contribution >= 4 is 18.1 Å². The topological polar surface area (TPSA) is 37.3 Å². The molecule has 0 saturated heterocycles. The average molecular weight is 292 g/mol. The third-order valence-corrected chi connectivity index (χ3v) is 2.86. The average Bonchev–Trinajstić information content (AvgIpc) is 2.45. The van der Waals surface area contributed by atoms with Gasteiger partial charge in [0.05, 0.1) is 11.1 Å². The Bertz CT molecular complexity index is 653. The fourth-order valence-corrected chi connectivity index (χ4v) is 1.71. The molecule has 0 amide bonds. The van der Waals surface area contributed by atoms with Gasteiger partial charge in [0.2, 0.25) is 0 Å². The number of aromatic carboxylic acids is 1. The summed E-state index contributed by atoms with van der Waals surface area (Å²) in [6.07, 6.45) is -0.973. The number of alkyl halides is 3. The van der Waals surface area contributed by atoms with Gasteiger partial charge in [0, 0.05) is 0 Å². The molecule has 0 saturated carbocycles. The Morgan fingerprint density at radius 2 is 1.29 bits per heavy atom. The normalized spacial score (nSPS) is 11.8. The Labute approximate surface area is 119 Å². The van der Waals surface area contributed by atoms with Gasteiger partial charge in [0.25, 0.3) is 0 Å². The van der Waals surface area contributed by atoms with Gasteiger partial charge in [-0.1, -0.05) is 36.4 Å². The van der Waals surface area contributed by atoms with Gasteiger partial charge >= 0.3 is 12.1 Å². The zero-order valence-electron chi connectivity index (χ0n) is 10.8. The van der Waals surface area contributed by atoms with Gasteiger partial charge in [-0.2, -0.15) is 13.2 Å². The van der Waals surface area contributed by atoms with E-state index in [0.29, 0.717) is 5.56 Å². The molecule has 0 radical (unpaired) electrons. The van der Waals surface area contributed by atoms with Crippen LogP contribution >= 0.6 is 0 Å². The fourth-order valence-electron chi connectivity index (χ4n) is 1.71. The van der Waals surface area contributed by atoms with Gasteiger partial charge < -0.3 is 5.11 Å². The number of carboxylic acid groups (broad SMARTS) is 1. The quantitative estimate of drug-likeness (QED) is 0.841. The molecule has 2 rings (SSSR count). The summed E-state index contributed by atoms with van der Waals surface area (Å²) in [5.74, 6) is -1.01. The van der Waals surface area contributed by atoms with Crippen LogP contribution in [0.4, 0.5) is 13.2 Å². The smallest absolute Gasteiger partial charge is 0.416 e. The summed E-state index contributed by atoms with van der Waals surface area (Å²) in [5, 5.41) is 8.77. The molecule has 1 N–H and O–H groups in total. The molecule has 0 heterocycles. The second-order valence-corrected chi connectivity index (χ2v) is 4.38. The van der Waals surface area contributed by atoms with Crippen molar-refractivity contribution in [3.8, 4) is 0 Å². The van der Waals surface area contributed by atoms with Gasteiger partial charge in [-0.15, -0.1) is 0 Å². The van der Waals surface area contributed by atoms with Crippen molar-refractivity contribution in [3.63, 3.8) is 0 Å².